The van der Waals surface area contributed by atoms with Gasteiger partial charge in [-0.25, -0.2) is 0 Å². The molecule has 10 heteroatoms. The van der Waals surface area contributed by atoms with E-state index in [2.05, 4.69) is 21.4 Å². The quantitative estimate of drug-likeness (QED) is 0.167. The van der Waals surface area contributed by atoms with Crippen LogP contribution < -0.4 is 5.32 Å². The summed E-state index contributed by atoms with van der Waals surface area (Å²) in [4.78, 5) is 28.2. The van der Waals surface area contributed by atoms with Crippen molar-refractivity contribution in [1.82, 2.24) is 25.2 Å². The number of hydrogen-bond acceptors (Lipinski definition) is 7. The SMILES string of the molecule is O=C(Cc1cccnc1)N1CCC(=C2c3ccc(Cl)cc3C(O)Cc3cccnc32)CC1.OC1Cc2cccnc2C(=C2CCNCC2)c2ccc(Cl)cc21. The van der Waals surface area contributed by atoms with Gasteiger partial charge in [-0.05, 0) is 120 Å². The molecule has 8 nitrogen and oxygen atoms in total. The Hall–Kier alpha value is -4.70. The standard InChI is InChI=1S/C26H24ClN3O2.C19H19ClN2O/c27-20-5-6-21-22(15-20)23(31)14-19-4-2-10-29-26(19)25(21)18-7-11-30(12-8-18)24(32)13-17-3-1-9-28-16-17;20-14-3-4-15-16(11-14)17(23)10-13-2-1-7-22-19(13)18(15)12-5-8-21-9-6-12/h1-6,9-10,15-16,23,31H,7-8,11-14H2;1-4,7,11,17,21,23H,5-6,8-10H2. The molecular weight excluding hydrogens is 729 g/mol. The fraction of sp³-hybridized carbons (Fsp3) is 0.289. The molecule has 4 aliphatic rings. The fourth-order valence-electron chi connectivity index (χ4n) is 8.38. The summed E-state index contributed by atoms with van der Waals surface area (Å²) in [5, 5.41) is 26.3. The van der Waals surface area contributed by atoms with Gasteiger partial charge in [0.05, 0.1) is 30.0 Å². The Bertz CT molecular complexity index is 2270. The van der Waals surface area contributed by atoms with Crippen LogP contribution in [0.5, 0.6) is 0 Å². The number of amides is 1. The van der Waals surface area contributed by atoms with Crippen LogP contribution in [0.2, 0.25) is 10.0 Å². The first-order valence-corrected chi connectivity index (χ1v) is 19.8. The molecule has 2 atom stereocenters. The molecule has 2 fully saturated rings. The highest BCUT2D eigenvalue weighted by atomic mass is 35.5. The Morgan fingerprint density at radius 1 is 0.709 bits per heavy atom. The maximum Gasteiger partial charge on any atom is 0.227 e. The van der Waals surface area contributed by atoms with Crippen LogP contribution in [0.3, 0.4) is 0 Å². The van der Waals surface area contributed by atoms with Crippen molar-refractivity contribution in [2.24, 2.45) is 0 Å². The Labute approximate surface area is 331 Å². The molecule has 0 radical (unpaired) electrons. The van der Waals surface area contributed by atoms with Gasteiger partial charge in [-0.2, -0.15) is 0 Å². The second kappa shape index (κ2) is 16.6. The first-order chi connectivity index (χ1) is 26.8. The number of hydrogen-bond donors (Lipinski definition) is 3. The minimum atomic E-state index is -0.633. The van der Waals surface area contributed by atoms with Crippen LogP contribution in [0.4, 0.5) is 0 Å². The molecule has 0 saturated carbocycles. The number of piperidine rings is 2. The lowest BCUT2D eigenvalue weighted by Gasteiger charge is -2.30. The van der Waals surface area contributed by atoms with Crippen molar-refractivity contribution >= 4 is 40.3 Å². The van der Waals surface area contributed by atoms with E-state index in [-0.39, 0.29) is 5.91 Å². The zero-order valence-electron chi connectivity index (χ0n) is 30.5. The third kappa shape index (κ3) is 8.02. The predicted molar refractivity (Wildman–Crippen MR) is 217 cm³/mol. The van der Waals surface area contributed by atoms with Crippen LogP contribution in [0.15, 0.2) is 109 Å². The molecular formula is C45H43Cl2N5O3. The van der Waals surface area contributed by atoms with Crippen molar-refractivity contribution in [3.63, 3.8) is 0 Å². The minimum absolute atomic E-state index is 0.129. The lowest BCUT2D eigenvalue weighted by atomic mass is 9.88. The molecule has 2 aliphatic heterocycles. The van der Waals surface area contributed by atoms with Gasteiger partial charge < -0.3 is 20.4 Å². The van der Waals surface area contributed by atoms with Crippen LogP contribution in [-0.4, -0.2) is 62.2 Å². The summed E-state index contributed by atoms with van der Waals surface area (Å²) >= 11 is 12.5. The highest BCUT2D eigenvalue weighted by Gasteiger charge is 2.30. The molecule has 280 valence electrons. The number of rotatable bonds is 2. The van der Waals surface area contributed by atoms with Crippen molar-refractivity contribution in [2.75, 3.05) is 26.2 Å². The van der Waals surface area contributed by atoms with Gasteiger partial charge >= 0.3 is 0 Å². The summed E-state index contributed by atoms with van der Waals surface area (Å²) in [6.07, 6.45) is 11.0. The number of carbonyl (C=O) groups excluding carboxylic acids is 1. The molecule has 3 N–H and O–H groups in total. The molecule has 1 amide bonds. The van der Waals surface area contributed by atoms with E-state index in [9.17, 15) is 15.0 Å². The summed E-state index contributed by atoms with van der Waals surface area (Å²) < 4.78 is 0. The molecule has 5 heterocycles. The van der Waals surface area contributed by atoms with Crippen LogP contribution >= 0.6 is 23.2 Å². The van der Waals surface area contributed by atoms with E-state index in [1.54, 1.807) is 18.6 Å². The Kier molecular flexibility index (Phi) is 11.2. The summed E-state index contributed by atoms with van der Waals surface area (Å²) in [5.74, 6) is 0.129. The number of nitrogens with one attached hydrogen (secondary N) is 1. The number of halogens is 2. The molecule has 0 spiro atoms. The number of aliphatic hydroxyl groups excluding tert-OH is 2. The fourth-order valence-corrected chi connectivity index (χ4v) is 8.74. The van der Waals surface area contributed by atoms with E-state index in [4.69, 9.17) is 28.2 Å². The summed E-state index contributed by atoms with van der Waals surface area (Å²) in [6, 6.07) is 23.3. The summed E-state index contributed by atoms with van der Waals surface area (Å²) in [7, 11) is 0. The average Bonchev–Trinajstić information content (AvgIpc) is 3.41. The van der Waals surface area contributed by atoms with Gasteiger partial charge in [-0.3, -0.25) is 19.7 Å². The molecule has 2 unspecified atom stereocenters. The van der Waals surface area contributed by atoms with Gasteiger partial charge in [0.1, 0.15) is 0 Å². The van der Waals surface area contributed by atoms with Gasteiger partial charge in [0.15, 0.2) is 0 Å². The molecule has 2 saturated heterocycles. The number of aliphatic hydroxyl groups is 2. The number of fused-ring (bicyclic) bond motifs is 4. The number of nitrogens with zero attached hydrogens (tertiary/aromatic N) is 4. The molecule has 5 aromatic rings. The number of carbonyl (C=O) groups is 1. The van der Waals surface area contributed by atoms with E-state index < -0.39 is 12.2 Å². The number of pyridine rings is 3. The van der Waals surface area contributed by atoms with Gasteiger partial charge in [0.25, 0.3) is 0 Å². The third-order valence-corrected chi connectivity index (χ3v) is 11.5. The minimum Gasteiger partial charge on any atom is -0.388 e. The van der Waals surface area contributed by atoms with Crippen LogP contribution in [-0.2, 0) is 24.1 Å². The highest BCUT2D eigenvalue weighted by molar-refractivity contribution is 6.31. The average molecular weight is 773 g/mol. The smallest absolute Gasteiger partial charge is 0.227 e. The highest BCUT2D eigenvalue weighted by Crippen LogP contribution is 2.43. The third-order valence-electron chi connectivity index (χ3n) is 11.1. The molecule has 9 rings (SSSR count). The van der Waals surface area contributed by atoms with Crippen molar-refractivity contribution in [3.05, 3.63) is 169 Å². The lowest BCUT2D eigenvalue weighted by Crippen LogP contribution is -2.37. The maximum atomic E-state index is 12.8. The molecule has 55 heavy (non-hydrogen) atoms. The molecule has 2 aromatic carbocycles. The number of likely N-dealkylation sites (tertiary alicyclic amines) is 1. The van der Waals surface area contributed by atoms with E-state index in [1.807, 2.05) is 77.8 Å². The zero-order chi connectivity index (χ0) is 37.9. The van der Waals surface area contributed by atoms with Crippen molar-refractivity contribution in [2.45, 2.75) is 57.2 Å². The monoisotopic (exact) mass is 771 g/mol. The number of benzene rings is 2. The molecule has 0 bridgehead atoms. The van der Waals surface area contributed by atoms with Crippen LogP contribution in [0.25, 0.3) is 11.1 Å². The maximum absolute atomic E-state index is 12.8. The van der Waals surface area contributed by atoms with Gasteiger partial charge in [0.2, 0.25) is 5.91 Å². The van der Waals surface area contributed by atoms with Crippen molar-refractivity contribution in [1.29, 1.82) is 0 Å². The van der Waals surface area contributed by atoms with Crippen LogP contribution in [0, 0.1) is 0 Å². The largest absolute Gasteiger partial charge is 0.388 e. The predicted octanol–water partition coefficient (Wildman–Crippen LogP) is 7.90. The zero-order valence-corrected chi connectivity index (χ0v) is 32.0. The second-order valence-corrected chi connectivity index (χ2v) is 15.4. The Morgan fingerprint density at radius 2 is 1.24 bits per heavy atom. The van der Waals surface area contributed by atoms with Crippen molar-refractivity contribution < 1.29 is 15.0 Å². The molecule has 3 aromatic heterocycles. The second-order valence-electron chi connectivity index (χ2n) is 14.6. The van der Waals surface area contributed by atoms with Gasteiger partial charge in [-0.1, -0.05) is 64.7 Å². The Morgan fingerprint density at radius 3 is 1.76 bits per heavy atom. The first-order valence-electron chi connectivity index (χ1n) is 19.0. The summed E-state index contributed by atoms with van der Waals surface area (Å²) in [6.45, 7) is 3.33. The van der Waals surface area contributed by atoms with Gasteiger partial charge in [-0.15, -0.1) is 0 Å². The normalized spacial score (nSPS) is 19.2. The van der Waals surface area contributed by atoms with E-state index in [0.717, 1.165) is 94.7 Å². The van der Waals surface area contributed by atoms with E-state index in [1.165, 1.54) is 16.7 Å². The topological polar surface area (TPSA) is 111 Å². The summed E-state index contributed by atoms with van der Waals surface area (Å²) in [5.41, 5.74) is 13.8. The molecule has 2 aliphatic carbocycles. The van der Waals surface area contributed by atoms with E-state index >= 15 is 0 Å². The first kappa shape index (κ1) is 37.2. The van der Waals surface area contributed by atoms with Crippen molar-refractivity contribution in [3.8, 4) is 0 Å². The van der Waals surface area contributed by atoms with Crippen LogP contribution in [0.1, 0.15) is 88.2 Å². The van der Waals surface area contributed by atoms with Gasteiger partial charge in [0, 0.05) is 71.9 Å². The lowest BCUT2D eigenvalue weighted by molar-refractivity contribution is -0.130. The van der Waals surface area contributed by atoms with E-state index in [0.29, 0.717) is 42.4 Å². The Balaban J connectivity index is 0.000000164. The number of aromatic nitrogens is 3.